The van der Waals surface area contributed by atoms with Crippen LogP contribution in [0.2, 0.25) is 0 Å². The molecule has 0 aliphatic rings. The number of rotatable bonds is 4. The van der Waals surface area contributed by atoms with Gasteiger partial charge in [-0.1, -0.05) is 42.8 Å². The number of benzene rings is 1. The lowest BCUT2D eigenvalue weighted by Gasteiger charge is -2.29. The molecule has 0 aromatic heterocycles. The summed E-state index contributed by atoms with van der Waals surface area (Å²) in [5.41, 5.74) is 2.09. The van der Waals surface area contributed by atoms with Gasteiger partial charge in [0, 0.05) is 29.8 Å². The molecule has 3 nitrogen and oxygen atoms in total. The van der Waals surface area contributed by atoms with Gasteiger partial charge in [0.25, 0.3) is 0 Å². The van der Waals surface area contributed by atoms with E-state index in [1.807, 2.05) is 25.2 Å². The summed E-state index contributed by atoms with van der Waals surface area (Å²) in [7, 11) is 2.02. The Balaban J connectivity index is 3.09. The fraction of sp³-hybridized carbons (Fsp3) is 0.400. The van der Waals surface area contributed by atoms with Crippen LogP contribution in [0.1, 0.15) is 26.3 Å². The quantitative estimate of drug-likeness (QED) is 0.849. The molecule has 0 fully saturated rings. The number of carboxylic acids is 1. The average Bonchev–Trinajstić information content (AvgIpc) is 2.24. The predicted octanol–water partition coefficient (Wildman–Crippen LogP) is 4.03. The zero-order chi connectivity index (χ0) is 14.6. The Morgan fingerprint density at radius 2 is 2.05 bits per heavy atom. The van der Waals surface area contributed by atoms with Crippen LogP contribution in [-0.2, 0) is 4.79 Å². The predicted molar refractivity (Wildman–Crippen MR) is 83.5 cm³/mol. The highest BCUT2D eigenvalue weighted by Crippen LogP contribution is 2.28. The first kappa shape index (κ1) is 15.8. The van der Waals surface area contributed by atoms with Gasteiger partial charge in [-0.2, -0.15) is 0 Å². The molecule has 104 valence electrons. The van der Waals surface area contributed by atoms with Crippen molar-refractivity contribution < 1.29 is 9.90 Å². The molecule has 0 heterocycles. The van der Waals surface area contributed by atoms with Crippen molar-refractivity contribution >= 4 is 33.7 Å². The number of carboxylic acid groups (broad SMARTS) is 1. The Morgan fingerprint density at radius 3 is 2.58 bits per heavy atom. The van der Waals surface area contributed by atoms with E-state index in [1.165, 1.54) is 0 Å². The third kappa shape index (κ3) is 5.47. The molecule has 19 heavy (non-hydrogen) atoms. The third-order valence-corrected chi connectivity index (χ3v) is 3.01. The fourth-order valence-electron chi connectivity index (χ4n) is 1.95. The Bertz CT molecular complexity index is 489. The molecule has 1 rings (SSSR count). The number of hydrogen-bond acceptors (Lipinski definition) is 2. The number of halogens is 1. The molecule has 0 atom stereocenters. The van der Waals surface area contributed by atoms with Crippen molar-refractivity contribution in [3.05, 3.63) is 34.3 Å². The summed E-state index contributed by atoms with van der Waals surface area (Å²) in [4.78, 5) is 12.8. The first-order valence-electron chi connectivity index (χ1n) is 6.11. The van der Waals surface area contributed by atoms with E-state index in [0.29, 0.717) is 0 Å². The van der Waals surface area contributed by atoms with Crippen LogP contribution >= 0.6 is 15.9 Å². The van der Waals surface area contributed by atoms with Gasteiger partial charge >= 0.3 is 5.97 Å². The topological polar surface area (TPSA) is 40.5 Å². The van der Waals surface area contributed by atoms with Crippen molar-refractivity contribution in [2.75, 3.05) is 18.5 Å². The first-order valence-corrected chi connectivity index (χ1v) is 6.90. The van der Waals surface area contributed by atoms with E-state index in [2.05, 4.69) is 41.6 Å². The summed E-state index contributed by atoms with van der Waals surface area (Å²) in [6.07, 6.45) is 2.79. The van der Waals surface area contributed by atoms with Gasteiger partial charge in [0.15, 0.2) is 0 Å². The molecule has 1 aromatic rings. The van der Waals surface area contributed by atoms with Crippen LogP contribution in [0, 0.1) is 5.41 Å². The number of aliphatic carboxylic acids is 1. The van der Waals surface area contributed by atoms with Crippen LogP contribution in [0.3, 0.4) is 0 Å². The van der Waals surface area contributed by atoms with Gasteiger partial charge in [0.05, 0.1) is 0 Å². The van der Waals surface area contributed by atoms with Gasteiger partial charge in [-0.25, -0.2) is 4.79 Å². The Hall–Kier alpha value is -1.29. The third-order valence-electron chi connectivity index (χ3n) is 2.52. The monoisotopic (exact) mass is 325 g/mol. The minimum absolute atomic E-state index is 0.171. The minimum atomic E-state index is -0.938. The number of anilines is 1. The van der Waals surface area contributed by atoms with Crippen LogP contribution < -0.4 is 4.90 Å². The van der Waals surface area contributed by atoms with Crippen molar-refractivity contribution in [3.8, 4) is 0 Å². The minimum Gasteiger partial charge on any atom is -0.478 e. The molecule has 0 unspecified atom stereocenters. The number of carbonyl (C=O) groups is 1. The van der Waals surface area contributed by atoms with Crippen molar-refractivity contribution in [3.63, 3.8) is 0 Å². The van der Waals surface area contributed by atoms with Crippen LogP contribution in [0.15, 0.2) is 28.7 Å². The molecule has 1 aromatic carbocycles. The second kappa shape index (κ2) is 6.24. The van der Waals surface area contributed by atoms with Crippen molar-refractivity contribution in [2.45, 2.75) is 20.8 Å². The van der Waals surface area contributed by atoms with E-state index in [4.69, 9.17) is 5.11 Å². The van der Waals surface area contributed by atoms with Crippen LogP contribution in [0.4, 0.5) is 5.69 Å². The van der Waals surface area contributed by atoms with Gasteiger partial charge in [0.1, 0.15) is 0 Å². The summed E-state index contributed by atoms with van der Waals surface area (Å²) in [6.45, 7) is 7.41. The molecule has 0 amide bonds. The molecule has 1 N–H and O–H groups in total. The second-order valence-electron chi connectivity index (χ2n) is 5.79. The van der Waals surface area contributed by atoms with Crippen molar-refractivity contribution in [2.24, 2.45) is 5.41 Å². The highest BCUT2D eigenvalue weighted by Gasteiger charge is 2.15. The van der Waals surface area contributed by atoms with E-state index in [1.54, 1.807) is 6.08 Å². The van der Waals surface area contributed by atoms with Gasteiger partial charge < -0.3 is 10.0 Å². The Labute approximate surface area is 123 Å². The van der Waals surface area contributed by atoms with Crippen LogP contribution in [0.25, 0.3) is 6.08 Å². The number of nitrogens with zero attached hydrogens (tertiary/aromatic N) is 1. The van der Waals surface area contributed by atoms with Gasteiger partial charge in [-0.15, -0.1) is 0 Å². The molecule has 0 spiro atoms. The SMILES string of the molecule is CN(CC(C)(C)C)c1cc(Br)ccc1/C=C/C(=O)O. The fourth-order valence-corrected chi connectivity index (χ4v) is 2.30. The molecule has 4 heteroatoms. The van der Waals surface area contributed by atoms with Gasteiger partial charge in [0.2, 0.25) is 0 Å². The molecule has 0 bridgehead atoms. The van der Waals surface area contributed by atoms with Crippen molar-refractivity contribution in [1.29, 1.82) is 0 Å². The lowest BCUT2D eigenvalue weighted by atomic mass is 9.95. The van der Waals surface area contributed by atoms with E-state index in [-0.39, 0.29) is 5.41 Å². The maximum absolute atomic E-state index is 10.6. The zero-order valence-corrected chi connectivity index (χ0v) is 13.4. The van der Waals surface area contributed by atoms with E-state index in [9.17, 15) is 4.79 Å². The smallest absolute Gasteiger partial charge is 0.328 e. The molecule has 0 radical (unpaired) electrons. The largest absolute Gasteiger partial charge is 0.478 e. The molecule has 0 aliphatic heterocycles. The highest BCUT2D eigenvalue weighted by molar-refractivity contribution is 9.10. The Kier molecular flexibility index (Phi) is 5.18. The van der Waals surface area contributed by atoms with Crippen LogP contribution in [0.5, 0.6) is 0 Å². The van der Waals surface area contributed by atoms with E-state index in [0.717, 1.165) is 28.3 Å². The van der Waals surface area contributed by atoms with E-state index < -0.39 is 5.97 Å². The summed E-state index contributed by atoms with van der Waals surface area (Å²) < 4.78 is 0.982. The zero-order valence-electron chi connectivity index (χ0n) is 11.8. The average molecular weight is 326 g/mol. The van der Waals surface area contributed by atoms with Crippen molar-refractivity contribution in [1.82, 2.24) is 0 Å². The summed E-state index contributed by atoms with van der Waals surface area (Å²) in [6, 6.07) is 5.83. The van der Waals surface area contributed by atoms with Gasteiger partial charge in [-0.3, -0.25) is 0 Å². The molecule has 0 aliphatic carbocycles. The Morgan fingerprint density at radius 1 is 1.42 bits per heavy atom. The standard InChI is InChI=1S/C15H20BrNO2/c1-15(2,3)10-17(4)13-9-12(16)7-5-11(13)6-8-14(18)19/h5-9H,10H2,1-4H3,(H,18,19)/b8-6+. The summed E-state index contributed by atoms with van der Waals surface area (Å²) >= 11 is 3.46. The van der Waals surface area contributed by atoms with E-state index >= 15 is 0 Å². The van der Waals surface area contributed by atoms with Crippen LogP contribution in [-0.4, -0.2) is 24.7 Å². The first-order chi connectivity index (χ1) is 8.69. The normalized spacial score (nSPS) is 11.8. The molecule has 0 saturated carbocycles. The molecular formula is C15H20BrNO2. The number of hydrogen-bond donors (Lipinski definition) is 1. The molecule has 0 saturated heterocycles. The lowest BCUT2D eigenvalue weighted by molar-refractivity contribution is -0.131. The highest BCUT2D eigenvalue weighted by atomic mass is 79.9. The summed E-state index contributed by atoms with van der Waals surface area (Å²) in [5.74, 6) is -0.938. The molecular weight excluding hydrogens is 306 g/mol. The lowest BCUT2D eigenvalue weighted by Crippen LogP contribution is -2.29. The van der Waals surface area contributed by atoms with Gasteiger partial charge in [-0.05, 0) is 29.2 Å². The second-order valence-corrected chi connectivity index (χ2v) is 6.71. The maximum Gasteiger partial charge on any atom is 0.328 e. The maximum atomic E-state index is 10.6. The summed E-state index contributed by atoms with van der Waals surface area (Å²) in [5, 5.41) is 8.74.